The molecule has 5 heteroatoms. The number of carboxylic acids is 1. The average molecular weight is 274 g/mol. The van der Waals surface area contributed by atoms with E-state index in [0.717, 1.165) is 23.4 Å². The van der Waals surface area contributed by atoms with Gasteiger partial charge in [0.25, 0.3) is 0 Å². The maximum atomic E-state index is 11.0. The van der Waals surface area contributed by atoms with E-state index in [1.54, 1.807) is 12.1 Å². The zero-order valence-corrected chi connectivity index (χ0v) is 11.5. The molecule has 1 aromatic heterocycles. The molecule has 106 valence electrons. The van der Waals surface area contributed by atoms with E-state index >= 15 is 0 Å². The lowest BCUT2D eigenvalue weighted by Crippen LogP contribution is -2.09. The van der Waals surface area contributed by atoms with Gasteiger partial charge in [-0.1, -0.05) is 0 Å². The number of nitrogens with zero attached hydrogens (tertiary/aromatic N) is 2. The summed E-state index contributed by atoms with van der Waals surface area (Å²) in [6.45, 7) is 4.10. The van der Waals surface area contributed by atoms with Gasteiger partial charge in [-0.3, -0.25) is 0 Å². The van der Waals surface area contributed by atoms with Crippen molar-refractivity contribution < 1.29 is 14.6 Å². The standard InChI is InChI=1S/C15H18N2O3/c1-2-20-8-7-17-13-6-5-11(15(18)19)9-12(13)16-14(17)10-3-4-10/h5-6,9-10H,2-4,7-8H2,1H3,(H,18,19). The van der Waals surface area contributed by atoms with Gasteiger partial charge in [-0.05, 0) is 38.0 Å². The number of fused-ring (bicyclic) bond motifs is 1. The lowest BCUT2D eigenvalue weighted by atomic mass is 10.2. The molecule has 0 unspecified atom stereocenters. The molecule has 0 saturated heterocycles. The van der Waals surface area contributed by atoms with E-state index in [4.69, 9.17) is 9.84 Å². The van der Waals surface area contributed by atoms with Crippen LogP contribution in [0.5, 0.6) is 0 Å². The highest BCUT2D eigenvalue weighted by atomic mass is 16.5. The van der Waals surface area contributed by atoms with E-state index in [0.29, 0.717) is 19.1 Å². The second kappa shape index (κ2) is 5.25. The smallest absolute Gasteiger partial charge is 0.335 e. The predicted molar refractivity (Wildman–Crippen MR) is 75.2 cm³/mol. The van der Waals surface area contributed by atoms with Crippen LogP contribution in [0.4, 0.5) is 0 Å². The van der Waals surface area contributed by atoms with Crippen molar-refractivity contribution in [2.24, 2.45) is 0 Å². The highest BCUT2D eigenvalue weighted by Gasteiger charge is 2.29. The molecule has 0 bridgehead atoms. The Bertz CT molecular complexity index is 644. The summed E-state index contributed by atoms with van der Waals surface area (Å²) < 4.78 is 7.61. The Kier molecular flexibility index (Phi) is 3.44. The molecule has 1 fully saturated rings. The van der Waals surface area contributed by atoms with E-state index in [1.807, 2.05) is 13.0 Å². The third-order valence-corrected chi connectivity index (χ3v) is 3.63. The molecule has 20 heavy (non-hydrogen) atoms. The monoisotopic (exact) mass is 274 g/mol. The molecule has 0 radical (unpaired) electrons. The minimum absolute atomic E-state index is 0.286. The molecular weight excluding hydrogens is 256 g/mol. The number of rotatable bonds is 6. The molecule has 0 amide bonds. The van der Waals surface area contributed by atoms with Crippen molar-refractivity contribution in [1.82, 2.24) is 9.55 Å². The van der Waals surface area contributed by atoms with Crippen molar-refractivity contribution in [2.45, 2.75) is 32.2 Å². The number of aromatic carboxylic acids is 1. The number of aromatic nitrogens is 2. The third kappa shape index (κ3) is 2.41. The zero-order valence-electron chi connectivity index (χ0n) is 11.5. The zero-order chi connectivity index (χ0) is 14.1. The summed E-state index contributed by atoms with van der Waals surface area (Å²) in [6.07, 6.45) is 2.34. The Morgan fingerprint density at radius 2 is 2.30 bits per heavy atom. The van der Waals surface area contributed by atoms with Gasteiger partial charge in [-0.25, -0.2) is 9.78 Å². The molecule has 2 aromatic rings. The van der Waals surface area contributed by atoms with Crippen molar-refractivity contribution in [1.29, 1.82) is 0 Å². The second-order valence-electron chi connectivity index (χ2n) is 5.10. The predicted octanol–water partition coefficient (Wildman–Crippen LogP) is 2.65. The SMILES string of the molecule is CCOCCn1c(C2CC2)nc2cc(C(=O)O)ccc21. The first-order chi connectivity index (χ1) is 9.70. The first kappa shape index (κ1) is 13.1. The maximum absolute atomic E-state index is 11.0. The Morgan fingerprint density at radius 1 is 1.50 bits per heavy atom. The summed E-state index contributed by atoms with van der Waals surface area (Å²) in [5, 5.41) is 9.06. The van der Waals surface area contributed by atoms with Gasteiger partial charge in [0.1, 0.15) is 5.82 Å². The van der Waals surface area contributed by atoms with Crippen molar-refractivity contribution in [3.63, 3.8) is 0 Å². The number of hydrogen-bond donors (Lipinski definition) is 1. The molecule has 0 aliphatic heterocycles. The van der Waals surface area contributed by atoms with Crippen LogP contribution in [0.2, 0.25) is 0 Å². The number of carbonyl (C=O) groups is 1. The minimum Gasteiger partial charge on any atom is -0.478 e. The van der Waals surface area contributed by atoms with E-state index < -0.39 is 5.97 Å². The first-order valence-electron chi connectivity index (χ1n) is 7.02. The van der Waals surface area contributed by atoms with Gasteiger partial charge in [-0.15, -0.1) is 0 Å². The number of ether oxygens (including phenoxy) is 1. The molecule has 1 heterocycles. The van der Waals surface area contributed by atoms with Crippen LogP contribution < -0.4 is 0 Å². The fraction of sp³-hybridized carbons (Fsp3) is 0.467. The second-order valence-corrected chi connectivity index (χ2v) is 5.10. The first-order valence-corrected chi connectivity index (χ1v) is 7.02. The van der Waals surface area contributed by atoms with Crippen molar-refractivity contribution >= 4 is 17.0 Å². The number of hydrogen-bond acceptors (Lipinski definition) is 3. The summed E-state index contributed by atoms with van der Waals surface area (Å²) in [6, 6.07) is 5.14. The number of benzene rings is 1. The summed E-state index contributed by atoms with van der Waals surface area (Å²) in [4.78, 5) is 15.7. The molecule has 1 aliphatic rings. The fourth-order valence-corrected chi connectivity index (χ4v) is 2.47. The van der Waals surface area contributed by atoms with Gasteiger partial charge in [0.2, 0.25) is 0 Å². The van der Waals surface area contributed by atoms with Crippen LogP contribution in [0.1, 0.15) is 41.9 Å². The van der Waals surface area contributed by atoms with Crippen molar-refractivity contribution in [2.75, 3.05) is 13.2 Å². The molecule has 1 saturated carbocycles. The van der Waals surface area contributed by atoms with Crippen molar-refractivity contribution in [3.05, 3.63) is 29.6 Å². The van der Waals surface area contributed by atoms with E-state index in [1.165, 1.54) is 12.8 Å². The normalized spacial score (nSPS) is 14.8. The molecule has 1 aromatic carbocycles. The molecule has 0 atom stereocenters. The van der Waals surface area contributed by atoms with E-state index in [2.05, 4.69) is 9.55 Å². The van der Waals surface area contributed by atoms with Gasteiger partial charge < -0.3 is 14.4 Å². The Hall–Kier alpha value is -1.88. The number of imidazole rings is 1. The third-order valence-electron chi connectivity index (χ3n) is 3.63. The highest BCUT2D eigenvalue weighted by Crippen LogP contribution is 2.40. The summed E-state index contributed by atoms with van der Waals surface area (Å²) in [5.74, 6) is 0.684. The van der Waals surface area contributed by atoms with Gasteiger partial charge >= 0.3 is 5.97 Å². The minimum atomic E-state index is -0.913. The molecule has 1 aliphatic carbocycles. The van der Waals surface area contributed by atoms with Gasteiger partial charge in [0.05, 0.1) is 23.2 Å². The van der Waals surface area contributed by atoms with Crippen LogP contribution >= 0.6 is 0 Å². The van der Waals surface area contributed by atoms with Crippen LogP contribution in [0, 0.1) is 0 Å². The largest absolute Gasteiger partial charge is 0.478 e. The van der Waals surface area contributed by atoms with Crippen LogP contribution in [0.3, 0.4) is 0 Å². The van der Waals surface area contributed by atoms with Gasteiger partial charge in [-0.2, -0.15) is 0 Å². The molecular formula is C15H18N2O3. The topological polar surface area (TPSA) is 64.4 Å². The van der Waals surface area contributed by atoms with E-state index in [-0.39, 0.29) is 5.56 Å². The summed E-state index contributed by atoms with van der Waals surface area (Å²) in [7, 11) is 0. The van der Waals surface area contributed by atoms with Crippen LogP contribution in [0.25, 0.3) is 11.0 Å². The van der Waals surface area contributed by atoms with E-state index in [9.17, 15) is 4.79 Å². The van der Waals surface area contributed by atoms with Crippen LogP contribution in [0.15, 0.2) is 18.2 Å². The quantitative estimate of drug-likeness (QED) is 0.822. The van der Waals surface area contributed by atoms with Crippen molar-refractivity contribution in [3.8, 4) is 0 Å². The maximum Gasteiger partial charge on any atom is 0.335 e. The molecule has 5 nitrogen and oxygen atoms in total. The number of carboxylic acid groups (broad SMARTS) is 1. The summed E-state index contributed by atoms with van der Waals surface area (Å²) in [5.41, 5.74) is 2.05. The highest BCUT2D eigenvalue weighted by molar-refractivity contribution is 5.92. The Balaban J connectivity index is 2.00. The Labute approximate surface area is 117 Å². The molecule has 3 rings (SSSR count). The Morgan fingerprint density at radius 3 is 2.95 bits per heavy atom. The molecule has 0 spiro atoms. The van der Waals surface area contributed by atoms with Gasteiger partial charge in [0, 0.05) is 19.1 Å². The lowest BCUT2D eigenvalue weighted by Gasteiger charge is -2.08. The van der Waals surface area contributed by atoms with Crippen LogP contribution in [-0.4, -0.2) is 33.8 Å². The lowest BCUT2D eigenvalue weighted by molar-refractivity contribution is 0.0697. The fourth-order valence-electron chi connectivity index (χ4n) is 2.47. The van der Waals surface area contributed by atoms with Crippen LogP contribution in [-0.2, 0) is 11.3 Å². The molecule has 1 N–H and O–H groups in total. The summed E-state index contributed by atoms with van der Waals surface area (Å²) >= 11 is 0. The average Bonchev–Trinajstić information content (AvgIpc) is 3.21. The van der Waals surface area contributed by atoms with Gasteiger partial charge in [0.15, 0.2) is 0 Å².